The lowest BCUT2D eigenvalue weighted by Crippen LogP contribution is -2.52. The third kappa shape index (κ3) is 4.50. The van der Waals surface area contributed by atoms with Crippen molar-refractivity contribution in [2.24, 2.45) is 5.92 Å². The van der Waals surface area contributed by atoms with Crippen LogP contribution in [-0.4, -0.2) is 54.5 Å². The smallest absolute Gasteiger partial charge is 0.255 e. The topological polar surface area (TPSA) is 104 Å². The number of benzene rings is 2. The van der Waals surface area contributed by atoms with E-state index in [0.29, 0.717) is 30.1 Å². The van der Waals surface area contributed by atoms with E-state index in [1.165, 1.54) is 20.3 Å². The molecule has 2 aromatic rings. The molecule has 9 heteroatoms. The first-order valence-electron chi connectivity index (χ1n) is 12.1. The number of rotatable bonds is 5. The van der Waals surface area contributed by atoms with Gasteiger partial charge in [-0.05, 0) is 56.2 Å². The van der Waals surface area contributed by atoms with Gasteiger partial charge in [0.25, 0.3) is 5.91 Å². The molecule has 184 valence electrons. The van der Waals surface area contributed by atoms with Crippen LogP contribution in [0.4, 0.5) is 0 Å². The van der Waals surface area contributed by atoms with Crippen LogP contribution in [0, 0.1) is 12.8 Å². The van der Waals surface area contributed by atoms with E-state index < -0.39 is 22.0 Å². The Labute approximate surface area is 205 Å². The molecule has 3 aliphatic rings. The number of carbonyl (C=O) groups is 3. The number of nitrogens with one attached hydrogen (secondary N) is 1. The minimum absolute atomic E-state index is 0.0414. The highest BCUT2D eigenvalue weighted by molar-refractivity contribution is 7.89. The summed E-state index contributed by atoms with van der Waals surface area (Å²) in [7, 11) is -3.79. The largest absolute Gasteiger partial charge is 0.322 e. The summed E-state index contributed by atoms with van der Waals surface area (Å²) >= 11 is 0. The lowest BCUT2D eigenvalue weighted by atomic mass is 9.91. The molecule has 5 rings (SSSR count). The SMILES string of the molecule is Cc1ccc(CC2CCN(S(=O)(=O)c3cccc4c3CN(C3CCC(=O)NC3=O)C4=O)CC2)cc1. The zero-order valence-electron chi connectivity index (χ0n) is 19.7. The predicted molar refractivity (Wildman–Crippen MR) is 129 cm³/mol. The number of amides is 3. The summed E-state index contributed by atoms with van der Waals surface area (Å²) in [6.07, 6.45) is 2.89. The van der Waals surface area contributed by atoms with Crippen LogP contribution in [-0.2, 0) is 32.6 Å². The van der Waals surface area contributed by atoms with Crippen molar-refractivity contribution in [1.82, 2.24) is 14.5 Å². The molecule has 0 spiro atoms. The van der Waals surface area contributed by atoms with Gasteiger partial charge < -0.3 is 4.90 Å². The van der Waals surface area contributed by atoms with Gasteiger partial charge in [0.15, 0.2) is 0 Å². The molecule has 1 N–H and O–H groups in total. The number of hydrogen-bond donors (Lipinski definition) is 1. The fourth-order valence-electron chi connectivity index (χ4n) is 5.35. The first kappa shape index (κ1) is 23.7. The van der Waals surface area contributed by atoms with Gasteiger partial charge >= 0.3 is 0 Å². The maximum atomic E-state index is 13.6. The molecule has 2 saturated heterocycles. The van der Waals surface area contributed by atoms with Gasteiger partial charge in [0.2, 0.25) is 21.8 Å². The molecular weight excluding hydrogens is 466 g/mol. The molecule has 0 aliphatic carbocycles. The Morgan fingerprint density at radius 3 is 2.37 bits per heavy atom. The van der Waals surface area contributed by atoms with Crippen molar-refractivity contribution in [3.63, 3.8) is 0 Å². The third-order valence-corrected chi connectivity index (χ3v) is 9.36. The lowest BCUT2D eigenvalue weighted by molar-refractivity contribution is -0.136. The monoisotopic (exact) mass is 495 g/mol. The number of sulfonamides is 1. The van der Waals surface area contributed by atoms with Crippen molar-refractivity contribution in [2.75, 3.05) is 13.1 Å². The minimum Gasteiger partial charge on any atom is -0.322 e. The second-order valence-corrected chi connectivity index (χ2v) is 11.6. The maximum Gasteiger partial charge on any atom is 0.255 e. The number of hydrogen-bond acceptors (Lipinski definition) is 5. The molecule has 0 bridgehead atoms. The van der Waals surface area contributed by atoms with E-state index in [4.69, 9.17) is 0 Å². The number of piperidine rings is 2. The van der Waals surface area contributed by atoms with Crippen LogP contribution in [0.3, 0.4) is 0 Å². The van der Waals surface area contributed by atoms with Crippen molar-refractivity contribution >= 4 is 27.7 Å². The molecule has 0 aromatic heterocycles. The van der Waals surface area contributed by atoms with Crippen LogP contribution in [0.2, 0.25) is 0 Å². The third-order valence-electron chi connectivity index (χ3n) is 7.38. The molecule has 0 radical (unpaired) electrons. The molecule has 1 atom stereocenters. The average molecular weight is 496 g/mol. The highest BCUT2D eigenvalue weighted by atomic mass is 32.2. The molecule has 1 unspecified atom stereocenters. The number of imide groups is 1. The Morgan fingerprint density at radius 1 is 0.971 bits per heavy atom. The summed E-state index contributed by atoms with van der Waals surface area (Å²) in [6.45, 7) is 2.98. The maximum absolute atomic E-state index is 13.6. The first-order chi connectivity index (χ1) is 16.7. The van der Waals surface area contributed by atoms with E-state index in [0.717, 1.165) is 19.3 Å². The van der Waals surface area contributed by atoms with Gasteiger partial charge in [-0.25, -0.2) is 8.42 Å². The standard InChI is InChI=1S/C26H29N3O5S/c1-17-5-7-18(8-6-17)15-19-11-13-28(14-12-19)35(33,34)23-4-2-3-20-21(23)16-29(26(20)32)22-9-10-24(30)27-25(22)31/h2-8,19,22H,9-16H2,1H3,(H,27,30,31). The van der Waals surface area contributed by atoms with Crippen molar-refractivity contribution in [3.8, 4) is 0 Å². The first-order valence-corrected chi connectivity index (χ1v) is 13.5. The summed E-state index contributed by atoms with van der Waals surface area (Å²) < 4.78 is 28.8. The van der Waals surface area contributed by atoms with Crippen LogP contribution in [0.15, 0.2) is 47.4 Å². The van der Waals surface area contributed by atoms with E-state index in [9.17, 15) is 22.8 Å². The summed E-state index contributed by atoms with van der Waals surface area (Å²) in [4.78, 5) is 38.4. The summed E-state index contributed by atoms with van der Waals surface area (Å²) in [5, 5.41) is 2.28. The van der Waals surface area contributed by atoms with Gasteiger partial charge in [0.05, 0.1) is 4.90 Å². The Kier molecular flexibility index (Phi) is 6.23. The molecule has 2 fully saturated rings. The van der Waals surface area contributed by atoms with Crippen LogP contribution in [0.1, 0.15) is 52.7 Å². The van der Waals surface area contributed by atoms with Crippen molar-refractivity contribution < 1.29 is 22.8 Å². The molecule has 3 aliphatic heterocycles. The number of aryl methyl sites for hydroxylation is 1. The van der Waals surface area contributed by atoms with Gasteiger partial charge in [-0.3, -0.25) is 19.7 Å². The van der Waals surface area contributed by atoms with Gasteiger partial charge in [0, 0.05) is 37.2 Å². The molecular formula is C26H29N3O5S. The van der Waals surface area contributed by atoms with Gasteiger partial charge in [-0.2, -0.15) is 4.31 Å². The molecule has 0 saturated carbocycles. The number of nitrogens with zero attached hydrogens (tertiary/aromatic N) is 2. The van der Waals surface area contributed by atoms with Crippen LogP contribution < -0.4 is 5.32 Å². The lowest BCUT2D eigenvalue weighted by Gasteiger charge is -2.32. The predicted octanol–water partition coefficient (Wildman–Crippen LogP) is 2.40. The quantitative estimate of drug-likeness (QED) is 0.642. The Morgan fingerprint density at radius 2 is 1.69 bits per heavy atom. The van der Waals surface area contributed by atoms with Crippen LogP contribution in [0.5, 0.6) is 0 Å². The van der Waals surface area contributed by atoms with E-state index in [2.05, 4.69) is 36.5 Å². The minimum atomic E-state index is -3.79. The molecule has 35 heavy (non-hydrogen) atoms. The second-order valence-electron chi connectivity index (χ2n) is 9.72. The molecule has 3 amide bonds. The van der Waals surface area contributed by atoms with Crippen molar-refractivity contribution in [3.05, 3.63) is 64.7 Å². The zero-order chi connectivity index (χ0) is 24.7. The van der Waals surface area contributed by atoms with E-state index in [1.807, 2.05) is 0 Å². The normalized spacial score (nSPS) is 21.8. The fraction of sp³-hybridized carbons (Fsp3) is 0.423. The zero-order valence-corrected chi connectivity index (χ0v) is 20.5. The number of carbonyl (C=O) groups excluding carboxylic acids is 3. The van der Waals surface area contributed by atoms with E-state index in [1.54, 1.807) is 18.2 Å². The van der Waals surface area contributed by atoms with E-state index in [-0.39, 0.29) is 36.1 Å². The molecule has 8 nitrogen and oxygen atoms in total. The van der Waals surface area contributed by atoms with E-state index >= 15 is 0 Å². The highest BCUT2D eigenvalue weighted by Gasteiger charge is 2.42. The Bertz CT molecular complexity index is 1280. The van der Waals surface area contributed by atoms with Gasteiger partial charge in [-0.1, -0.05) is 35.9 Å². The molecule has 2 aromatic carbocycles. The van der Waals surface area contributed by atoms with Gasteiger partial charge in [-0.15, -0.1) is 0 Å². The number of fused-ring (bicyclic) bond motifs is 1. The summed E-state index contributed by atoms with van der Waals surface area (Å²) in [6, 6.07) is 12.4. The second kappa shape index (κ2) is 9.20. The van der Waals surface area contributed by atoms with Crippen molar-refractivity contribution in [2.45, 2.75) is 56.5 Å². The van der Waals surface area contributed by atoms with Crippen LogP contribution in [0.25, 0.3) is 0 Å². The fourth-order valence-corrected chi connectivity index (χ4v) is 7.06. The summed E-state index contributed by atoms with van der Waals surface area (Å²) in [5.41, 5.74) is 3.23. The van der Waals surface area contributed by atoms with Crippen molar-refractivity contribution in [1.29, 1.82) is 0 Å². The van der Waals surface area contributed by atoms with Crippen LogP contribution >= 0.6 is 0 Å². The Balaban J connectivity index is 1.31. The molecule has 3 heterocycles. The average Bonchev–Trinajstić information content (AvgIpc) is 3.17. The van der Waals surface area contributed by atoms with Gasteiger partial charge in [0.1, 0.15) is 6.04 Å². The Hall–Kier alpha value is -3.04. The highest BCUT2D eigenvalue weighted by Crippen LogP contribution is 2.34. The summed E-state index contributed by atoms with van der Waals surface area (Å²) in [5.74, 6) is -0.814.